The summed E-state index contributed by atoms with van der Waals surface area (Å²) >= 11 is 0. The van der Waals surface area contributed by atoms with Crippen LogP contribution in [0.3, 0.4) is 0 Å². The number of aromatic nitrogens is 3. The standard InChI is InChI=1S/C22H18N6O2/c29-28(30)21-11-5-4-10-20(21)25-24-14-19-16-27(15-17-7-2-1-3-8-17)26-22(19)18-9-6-12-23-13-18/h1-14,16,25H,15H2/b24-14-. The third-order valence-corrected chi connectivity index (χ3v) is 4.40. The van der Waals surface area contributed by atoms with Gasteiger partial charge in [0.25, 0.3) is 5.69 Å². The average Bonchev–Trinajstić information content (AvgIpc) is 3.18. The number of nitrogens with zero attached hydrogens (tertiary/aromatic N) is 5. The number of hydrazone groups is 1. The molecule has 0 radical (unpaired) electrons. The molecule has 0 aliphatic rings. The molecule has 4 rings (SSSR count). The van der Waals surface area contributed by atoms with Gasteiger partial charge in [-0.1, -0.05) is 42.5 Å². The molecule has 1 N–H and O–H groups in total. The fourth-order valence-corrected chi connectivity index (χ4v) is 3.01. The molecule has 0 amide bonds. The second-order valence-corrected chi connectivity index (χ2v) is 6.50. The highest BCUT2D eigenvalue weighted by atomic mass is 16.6. The molecular formula is C22H18N6O2. The molecule has 0 bridgehead atoms. The summed E-state index contributed by atoms with van der Waals surface area (Å²) < 4.78 is 1.84. The molecule has 4 aromatic rings. The molecule has 0 unspecified atom stereocenters. The van der Waals surface area contributed by atoms with Crippen LogP contribution in [0.2, 0.25) is 0 Å². The van der Waals surface area contributed by atoms with E-state index in [1.165, 1.54) is 6.07 Å². The zero-order valence-corrected chi connectivity index (χ0v) is 15.9. The van der Waals surface area contributed by atoms with Gasteiger partial charge in [0.05, 0.1) is 17.7 Å². The van der Waals surface area contributed by atoms with Gasteiger partial charge in [0.1, 0.15) is 11.4 Å². The summed E-state index contributed by atoms with van der Waals surface area (Å²) in [5.41, 5.74) is 6.51. The van der Waals surface area contributed by atoms with E-state index in [1.807, 2.05) is 53.3 Å². The van der Waals surface area contributed by atoms with Crippen molar-refractivity contribution in [1.29, 1.82) is 0 Å². The van der Waals surface area contributed by atoms with Crippen LogP contribution in [-0.4, -0.2) is 25.9 Å². The monoisotopic (exact) mass is 398 g/mol. The van der Waals surface area contributed by atoms with E-state index in [1.54, 1.807) is 36.8 Å². The van der Waals surface area contributed by atoms with Crippen molar-refractivity contribution in [3.63, 3.8) is 0 Å². The fourth-order valence-electron chi connectivity index (χ4n) is 3.01. The molecular weight excluding hydrogens is 380 g/mol. The van der Waals surface area contributed by atoms with Gasteiger partial charge in [0.15, 0.2) is 0 Å². The lowest BCUT2D eigenvalue weighted by Crippen LogP contribution is -2.00. The number of pyridine rings is 1. The van der Waals surface area contributed by atoms with Crippen LogP contribution in [0, 0.1) is 10.1 Å². The first-order valence-corrected chi connectivity index (χ1v) is 9.25. The van der Waals surface area contributed by atoms with Crippen LogP contribution in [0.4, 0.5) is 11.4 Å². The number of nitrogens with one attached hydrogen (secondary N) is 1. The molecule has 30 heavy (non-hydrogen) atoms. The lowest BCUT2D eigenvalue weighted by Gasteiger charge is -2.01. The molecule has 8 heteroatoms. The zero-order chi connectivity index (χ0) is 20.8. The lowest BCUT2D eigenvalue weighted by atomic mass is 10.1. The molecule has 0 saturated carbocycles. The van der Waals surface area contributed by atoms with Crippen molar-refractivity contribution >= 4 is 17.6 Å². The number of nitro benzene ring substituents is 1. The number of hydrogen-bond acceptors (Lipinski definition) is 6. The van der Waals surface area contributed by atoms with E-state index in [0.717, 1.165) is 22.4 Å². The maximum Gasteiger partial charge on any atom is 0.294 e. The van der Waals surface area contributed by atoms with E-state index in [-0.39, 0.29) is 5.69 Å². The number of para-hydroxylation sites is 2. The van der Waals surface area contributed by atoms with Crippen molar-refractivity contribution in [3.8, 4) is 11.3 Å². The molecule has 148 valence electrons. The molecule has 0 spiro atoms. The summed E-state index contributed by atoms with van der Waals surface area (Å²) in [6.45, 7) is 0.611. The highest BCUT2D eigenvalue weighted by molar-refractivity contribution is 5.89. The molecule has 2 aromatic heterocycles. The average molecular weight is 398 g/mol. The summed E-state index contributed by atoms with van der Waals surface area (Å²) in [6, 6.07) is 20.1. The topological polar surface area (TPSA) is 98.2 Å². The minimum atomic E-state index is -0.448. The van der Waals surface area contributed by atoms with E-state index in [0.29, 0.717) is 12.2 Å². The summed E-state index contributed by atoms with van der Waals surface area (Å²) in [4.78, 5) is 14.9. The van der Waals surface area contributed by atoms with E-state index < -0.39 is 4.92 Å². The van der Waals surface area contributed by atoms with Crippen molar-refractivity contribution in [2.24, 2.45) is 5.10 Å². The van der Waals surface area contributed by atoms with Gasteiger partial charge in [-0.05, 0) is 23.8 Å². The maximum absolute atomic E-state index is 11.2. The molecule has 8 nitrogen and oxygen atoms in total. The summed E-state index contributed by atoms with van der Waals surface area (Å²) in [5, 5.41) is 20.1. The van der Waals surface area contributed by atoms with Crippen LogP contribution in [0.25, 0.3) is 11.3 Å². The van der Waals surface area contributed by atoms with Crippen molar-refractivity contribution in [3.05, 3.63) is 107 Å². The maximum atomic E-state index is 11.2. The van der Waals surface area contributed by atoms with E-state index in [4.69, 9.17) is 5.10 Å². The SMILES string of the molecule is O=[N+]([O-])c1ccccc1N/N=C\c1cn(Cc2ccccc2)nc1-c1cccnc1. The Labute approximate surface area is 172 Å². The predicted molar refractivity (Wildman–Crippen MR) is 115 cm³/mol. The Morgan fingerprint density at radius 3 is 2.63 bits per heavy atom. The highest BCUT2D eigenvalue weighted by Gasteiger charge is 2.13. The largest absolute Gasteiger partial charge is 0.294 e. The first-order chi connectivity index (χ1) is 14.7. The minimum Gasteiger partial charge on any atom is -0.272 e. The van der Waals surface area contributed by atoms with Crippen LogP contribution in [0.1, 0.15) is 11.1 Å². The summed E-state index contributed by atoms with van der Waals surface area (Å²) in [7, 11) is 0. The Hall–Kier alpha value is -4.33. The highest BCUT2D eigenvalue weighted by Crippen LogP contribution is 2.24. The summed E-state index contributed by atoms with van der Waals surface area (Å²) in [6.07, 6.45) is 6.93. The quantitative estimate of drug-likeness (QED) is 0.284. The van der Waals surface area contributed by atoms with Crippen LogP contribution in [0.15, 0.2) is 90.4 Å². The van der Waals surface area contributed by atoms with Gasteiger partial charge < -0.3 is 0 Å². The Morgan fingerprint density at radius 2 is 1.87 bits per heavy atom. The molecule has 0 aliphatic carbocycles. The normalized spacial score (nSPS) is 10.9. The smallest absolute Gasteiger partial charge is 0.272 e. The van der Waals surface area contributed by atoms with Gasteiger partial charge in [0.2, 0.25) is 0 Å². The molecule has 0 fully saturated rings. The number of benzene rings is 2. The van der Waals surface area contributed by atoms with E-state index in [9.17, 15) is 10.1 Å². The van der Waals surface area contributed by atoms with Crippen LogP contribution < -0.4 is 5.43 Å². The summed E-state index contributed by atoms with van der Waals surface area (Å²) in [5.74, 6) is 0. The third-order valence-electron chi connectivity index (χ3n) is 4.40. The molecule has 2 heterocycles. The van der Waals surface area contributed by atoms with Crippen LogP contribution in [0.5, 0.6) is 0 Å². The van der Waals surface area contributed by atoms with Crippen LogP contribution in [-0.2, 0) is 6.54 Å². The Morgan fingerprint density at radius 1 is 1.07 bits per heavy atom. The minimum absolute atomic E-state index is 0.0399. The molecule has 0 atom stereocenters. The van der Waals surface area contributed by atoms with Crippen molar-refractivity contribution in [2.75, 3.05) is 5.43 Å². The second-order valence-electron chi connectivity index (χ2n) is 6.50. The number of nitro groups is 1. The number of anilines is 1. The molecule has 0 aliphatic heterocycles. The lowest BCUT2D eigenvalue weighted by molar-refractivity contribution is -0.384. The Bertz CT molecular complexity index is 1170. The van der Waals surface area contributed by atoms with Gasteiger partial charge >= 0.3 is 0 Å². The van der Waals surface area contributed by atoms with Crippen molar-refractivity contribution in [1.82, 2.24) is 14.8 Å². The first kappa shape index (κ1) is 19.0. The van der Waals surface area contributed by atoms with Gasteiger partial charge in [-0.3, -0.25) is 25.2 Å². The third kappa shape index (κ3) is 4.39. The number of rotatable bonds is 7. The van der Waals surface area contributed by atoms with Gasteiger partial charge in [0, 0.05) is 35.8 Å². The van der Waals surface area contributed by atoms with Crippen molar-refractivity contribution < 1.29 is 4.92 Å². The zero-order valence-electron chi connectivity index (χ0n) is 15.9. The molecule has 2 aromatic carbocycles. The predicted octanol–water partition coefficient (Wildman–Crippen LogP) is 4.35. The van der Waals surface area contributed by atoms with E-state index >= 15 is 0 Å². The Kier molecular flexibility index (Phi) is 5.56. The van der Waals surface area contributed by atoms with Crippen LogP contribution >= 0.6 is 0 Å². The second kappa shape index (κ2) is 8.78. The first-order valence-electron chi connectivity index (χ1n) is 9.25. The number of hydrogen-bond donors (Lipinski definition) is 1. The van der Waals surface area contributed by atoms with E-state index in [2.05, 4.69) is 15.5 Å². The van der Waals surface area contributed by atoms with Crippen molar-refractivity contribution in [2.45, 2.75) is 6.54 Å². The fraction of sp³-hybridized carbons (Fsp3) is 0.0455. The van der Waals surface area contributed by atoms with Gasteiger partial charge in [-0.2, -0.15) is 10.2 Å². The molecule has 0 saturated heterocycles. The Balaban J connectivity index is 1.63. The van der Waals surface area contributed by atoms with Gasteiger partial charge in [-0.25, -0.2) is 0 Å². The van der Waals surface area contributed by atoms with Gasteiger partial charge in [-0.15, -0.1) is 0 Å².